The Labute approximate surface area is 232 Å². The molecule has 41 heavy (non-hydrogen) atoms. The topological polar surface area (TPSA) is 140 Å². The van der Waals surface area contributed by atoms with Gasteiger partial charge in [0, 0.05) is 25.6 Å². The summed E-state index contributed by atoms with van der Waals surface area (Å²) in [6, 6.07) is 5.04. The Bertz CT molecular complexity index is 1750. The molecule has 0 saturated heterocycles. The number of aromatic amines is 1. The third-order valence-electron chi connectivity index (χ3n) is 5.92. The monoisotopic (exact) mass is 593 g/mol. The molecule has 0 fully saturated rings. The highest BCUT2D eigenvalue weighted by atomic mass is 32.1. The van der Waals surface area contributed by atoms with E-state index in [4.69, 9.17) is 14.2 Å². The highest BCUT2D eigenvalue weighted by molar-refractivity contribution is 7.13. The number of nitrogens with one attached hydrogen (secondary N) is 1. The van der Waals surface area contributed by atoms with Crippen LogP contribution >= 0.6 is 11.3 Å². The molecule has 0 bridgehead atoms. The van der Waals surface area contributed by atoms with Crippen LogP contribution in [0.25, 0.3) is 16.6 Å². The van der Waals surface area contributed by atoms with Crippen LogP contribution in [0.5, 0.6) is 11.5 Å². The van der Waals surface area contributed by atoms with E-state index in [1.54, 1.807) is 0 Å². The maximum Gasteiger partial charge on any atom is 0.346 e. The number of methoxy groups -OCH3 is 1. The second-order valence-corrected chi connectivity index (χ2v) is 9.45. The summed E-state index contributed by atoms with van der Waals surface area (Å²) in [6.07, 6.45) is 0. The molecule has 2 aromatic carbocycles. The molecule has 0 atom stereocenters. The van der Waals surface area contributed by atoms with Crippen molar-refractivity contribution in [2.45, 2.75) is 6.61 Å². The highest BCUT2D eigenvalue weighted by Crippen LogP contribution is 2.27. The zero-order chi connectivity index (χ0) is 29.8. The number of benzene rings is 2. The Morgan fingerprint density at radius 2 is 1.83 bits per heavy atom. The number of likely N-dealkylation sites (N-methyl/N-ethyl adjacent to an activating group) is 1. The largest absolute Gasteiger partial charge is 0.491 e. The molecular formula is C26H22F3N3O8S. The number of fused-ring (bicyclic) bond motifs is 1. The number of hydrogen-bond donors (Lipinski definition) is 2. The third kappa shape index (κ3) is 6.10. The van der Waals surface area contributed by atoms with Crippen LogP contribution in [0.15, 0.2) is 45.3 Å². The van der Waals surface area contributed by atoms with Gasteiger partial charge >= 0.3 is 11.7 Å². The molecule has 15 heteroatoms. The summed E-state index contributed by atoms with van der Waals surface area (Å²) in [4.78, 5) is 52.4. The SMILES string of the molecule is COCC(=O)N(C)CCOc1ccc(F)c(F)c1COc1ccc(F)c(-n2c(=O)[nH]c3csc(C(=O)O)c3c2=O)c1. The van der Waals surface area contributed by atoms with Gasteiger partial charge in [-0.05, 0) is 24.3 Å². The molecule has 0 spiro atoms. The van der Waals surface area contributed by atoms with E-state index in [1.807, 2.05) is 0 Å². The average Bonchev–Trinajstić information content (AvgIpc) is 3.36. The number of carboxylic acids is 1. The molecule has 4 aromatic rings. The number of carbonyl (C=O) groups excluding carboxylic acids is 1. The van der Waals surface area contributed by atoms with Crippen molar-refractivity contribution in [2.24, 2.45) is 0 Å². The first kappa shape index (κ1) is 29.4. The maximum atomic E-state index is 14.8. The van der Waals surface area contributed by atoms with Crippen LogP contribution < -0.4 is 20.7 Å². The summed E-state index contributed by atoms with van der Waals surface area (Å²) in [7, 11) is 2.88. The highest BCUT2D eigenvalue weighted by Gasteiger charge is 2.21. The fourth-order valence-electron chi connectivity index (χ4n) is 3.82. The molecule has 0 aliphatic carbocycles. The normalized spacial score (nSPS) is 11.0. The van der Waals surface area contributed by atoms with Gasteiger partial charge in [0.15, 0.2) is 11.6 Å². The van der Waals surface area contributed by atoms with E-state index in [0.717, 1.165) is 35.6 Å². The van der Waals surface area contributed by atoms with E-state index >= 15 is 0 Å². The Hall–Kier alpha value is -4.63. The van der Waals surface area contributed by atoms with Crippen LogP contribution in [-0.2, 0) is 16.1 Å². The Balaban J connectivity index is 1.61. The minimum atomic E-state index is -1.40. The standard InChI is InChI=1S/C26H22F3N3O8S/c1-31(20(33)11-38-2)7-8-39-19-6-5-16(28)22(29)14(19)10-40-13-3-4-15(27)18(9-13)32-24(34)21-17(30-26(32)37)12-41-23(21)25(35)36/h3-6,9,12H,7-8,10-11H2,1-2H3,(H,30,37)(H,35,36). The van der Waals surface area contributed by atoms with Crippen LogP contribution in [0, 0.1) is 17.5 Å². The number of aromatic nitrogens is 2. The number of carbonyl (C=O) groups is 2. The molecule has 4 rings (SSSR count). The third-order valence-corrected chi connectivity index (χ3v) is 6.89. The minimum Gasteiger partial charge on any atom is -0.491 e. The Kier molecular flexibility index (Phi) is 8.78. The molecule has 2 N–H and O–H groups in total. The number of rotatable bonds is 11. The summed E-state index contributed by atoms with van der Waals surface area (Å²) >= 11 is 0.721. The molecule has 0 saturated carbocycles. The van der Waals surface area contributed by atoms with Gasteiger partial charge in [-0.2, -0.15) is 0 Å². The van der Waals surface area contributed by atoms with Crippen LogP contribution in [0.2, 0.25) is 0 Å². The van der Waals surface area contributed by atoms with Crippen molar-refractivity contribution >= 4 is 34.1 Å². The van der Waals surface area contributed by atoms with Crippen molar-refractivity contribution in [1.82, 2.24) is 14.5 Å². The lowest BCUT2D eigenvalue weighted by Crippen LogP contribution is -2.34. The Morgan fingerprint density at radius 1 is 1.10 bits per heavy atom. The predicted molar refractivity (Wildman–Crippen MR) is 141 cm³/mol. The van der Waals surface area contributed by atoms with Crippen molar-refractivity contribution < 1.29 is 42.1 Å². The van der Waals surface area contributed by atoms with Gasteiger partial charge in [-0.25, -0.2) is 27.3 Å². The number of thiophene rings is 1. The summed E-state index contributed by atoms with van der Waals surface area (Å²) in [5.74, 6) is -5.37. The minimum absolute atomic E-state index is 0.0187. The number of carboxylic acid groups (broad SMARTS) is 1. The number of ether oxygens (including phenoxy) is 3. The predicted octanol–water partition coefficient (Wildman–Crippen LogP) is 2.92. The smallest absolute Gasteiger partial charge is 0.346 e. The van der Waals surface area contributed by atoms with E-state index in [9.17, 15) is 37.5 Å². The Morgan fingerprint density at radius 3 is 2.54 bits per heavy atom. The zero-order valence-electron chi connectivity index (χ0n) is 21.5. The lowest BCUT2D eigenvalue weighted by molar-refractivity contribution is -0.134. The number of aromatic carboxylic acids is 1. The van der Waals surface area contributed by atoms with Gasteiger partial charge in [0.2, 0.25) is 5.91 Å². The summed E-state index contributed by atoms with van der Waals surface area (Å²) < 4.78 is 59.8. The molecule has 11 nitrogen and oxygen atoms in total. The first-order chi connectivity index (χ1) is 19.5. The lowest BCUT2D eigenvalue weighted by Gasteiger charge is -2.18. The number of hydrogen-bond acceptors (Lipinski definition) is 8. The number of H-pyrrole nitrogens is 1. The fourth-order valence-corrected chi connectivity index (χ4v) is 4.65. The van der Waals surface area contributed by atoms with Gasteiger partial charge in [-0.1, -0.05) is 0 Å². The van der Waals surface area contributed by atoms with Gasteiger partial charge < -0.3 is 29.2 Å². The van der Waals surface area contributed by atoms with Crippen molar-refractivity contribution in [3.8, 4) is 17.2 Å². The van der Waals surface area contributed by atoms with Crippen LogP contribution in [0.1, 0.15) is 15.2 Å². The molecule has 0 radical (unpaired) electrons. The van der Waals surface area contributed by atoms with E-state index in [-0.39, 0.29) is 58.5 Å². The number of amides is 1. The quantitative estimate of drug-likeness (QED) is 0.271. The molecule has 1 amide bonds. The molecule has 2 heterocycles. The van der Waals surface area contributed by atoms with Gasteiger partial charge in [0.1, 0.15) is 42.0 Å². The number of nitrogens with zero attached hydrogens (tertiary/aromatic N) is 2. The molecule has 0 aliphatic rings. The summed E-state index contributed by atoms with van der Waals surface area (Å²) in [6.45, 7) is -0.690. The first-order valence-electron chi connectivity index (χ1n) is 11.8. The van der Waals surface area contributed by atoms with Crippen molar-refractivity contribution in [2.75, 3.05) is 33.9 Å². The van der Waals surface area contributed by atoms with Crippen molar-refractivity contribution in [1.29, 1.82) is 0 Å². The van der Waals surface area contributed by atoms with E-state index in [2.05, 4.69) is 4.98 Å². The molecule has 0 unspecified atom stereocenters. The second-order valence-electron chi connectivity index (χ2n) is 8.57. The van der Waals surface area contributed by atoms with Gasteiger partial charge in [-0.3, -0.25) is 9.59 Å². The van der Waals surface area contributed by atoms with Gasteiger partial charge in [0.05, 0.1) is 28.7 Å². The molecule has 0 aliphatic heterocycles. The van der Waals surface area contributed by atoms with E-state index < -0.39 is 47.0 Å². The van der Waals surface area contributed by atoms with Crippen LogP contribution in [0.3, 0.4) is 0 Å². The van der Waals surface area contributed by atoms with E-state index in [0.29, 0.717) is 4.57 Å². The first-order valence-corrected chi connectivity index (χ1v) is 12.7. The fraction of sp³-hybridized carbons (Fsp3) is 0.231. The van der Waals surface area contributed by atoms with Crippen LogP contribution in [0.4, 0.5) is 13.2 Å². The number of halogens is 3. The summed E-state index contributed by atoms with van der Waals surface area (Å²) in [5, 5.41) is 10.3. The molecule has 216 valence electrons. The van der Waals surface area contributed by atoms with Crippen molar-refractivity contribution in [3.05, 3.63) is 84.4 Å². The van der Waals surface area contributed by atoms with E-state index in [1.165, 1.54) is 30.5 Å². The second kappa shape index (κ2) is 12.3. The summed E-state index contributed by atoms with van der Waals surface area (Å²) in [5.41, 5.74) is -3.00. The molecular weight excluding hydrogens is 571 g/mol. The molecule has 2 aromatic heterocycles. The maximum absolute atomic E-state index is 14.8. The van der Waals surface area contributed by atoms with Crippen molar-refractivity contribution in [3.63, 3.8) is 0 Å². The lowest BCUT2D eigenvalue weighted by atomic mass is 10.2. The average molecular weight is 594 g/mol. The zero-order valence-corrected chi connectivity index (χ0v) is 22.4. The van der Waals surface area contributed by atoms with Gasteiger partial charge in [0.25, 0.3) is 5.56 Å². The van der Waals surface area contributed by atoms with Crippen LogP contribution in [-0.4, -0.2) is 65.3 Å². The van der Waals surface area contributed by atoms with Gasteiger partial charge in [-0.15, -0.1) is 11.3 Å².